The van der Waals surface area contributed by atoms with Gasteiger partial charge in [-0.15, -0.1) is 0 Å². The van der Waals surface area contributed by atoms with Crippen molar-refractivity contribution in [3.8, 4) is 0 Å². The van der Waals surface area contributed by atoms with Gasteiger partial charge in [-0.3, -0.25) is 9.78 Å². The smallest absolute Gasteiger partial charge is 0.273 e. The fraction of sp³-hybridized carbons (Fsp3) is 0.688. The molecule has 1 aromatic rings. The van der Waals surface area contributed by atoms with E-state index in [0.29, 0.717) is 16.9 Å². The van der Waals surface area contributed by atoms with Crippen LogP contribution in [0.3, 0.4) is 0 Å². The second-order valence-corrected chi connectivity index (χ2v) is 6.69. The number of amides is 1. The van der Waals surface area contributed by atoms with Gasteiger partial charge in [0.25, 0.3) is 5.91 Å². The van der Waals surface area contributed by atoms with E-state index in [9.17, 15) is 4.79 Å². The van der Waals surface area contributed by atoms with E-state index in [4.69, 9.17) is 0 Å². The fourth-order valence-electron chi connectivity index (χ4n) is 3.60. The summed E-state index contributed by atoms with van der Waals surface area (Å²) in [5.41, 5.74) is 1.02. The zero-order valence-corrected chi connectivity index (χ0v) is 12.9. The highest BCUT2D eigenvalue weighted by molar-refractivity contribution is 5.91. The van der Waals surface area contributed by atoms with E-state index in [0.717, 1.165) is 12.5 Å². The normalized spacial score (nSPS) is 22.9. The molecule has 2 saturated carbocycles. The van der Waals surface area contributed by atoms with Gasteiger partial charge in [0.15, 0.2) is 0 Å². The maximum absolute atomic E-state index is 11.9. The maximum Gasteiger partial charge on any atom is 0.273 e. The average Bonchev–Trinajstić information content (AvgIpc) is 3.17. The van der Waals surface area contributed by atoms with E-state index in [2.05, 4.69) is 15.3 Å². The Morgan fingerprint density at radius 2 is 2.10 bits per heavy atom. The zero-order chi connectivity index (χ0) is 14.9. The molecule has 2 fully saturated rings. The molecule has 0 saturated heterocycles. The van der Waals surface area contributed by atoms with Gasteiger partial charge in [-0.05, 0) is 30.6 Å². The van der Waals surface area contributed by atoms with Crippen molar-refractivity contribution in [2.45, 2.75) is 38.5 Å². The van der Waals surface area contributed by atoms with Gasteiger partial charge in [-0.2, -0.15) is 0 Å². The van der Waals surface area contributed by atoms with E-state index in [1.807, 2.05) is 0 Å². The Labute approximate surface area is 126 Å². The van der Waals surface area contributed by atoms with Crippen molar-refractivity contribution in [3.05, 3.63) is 18.1 Å². The Hall–Kier alpha value is -1.65. The molecule has 0 aliphatic heterocycles. The lowest BCUT2D eigenvalue weighted by Gasteiger charge is -2.22. The minimum absolute atomic E-state index is 0.110. The lowest BCUT2D eigenvalue weighted by Crippen LogP contribution is -2.23. The van der Waals surface area contributed by atoms with E-state index in [-0.39, 0.29) is 5.91 Å². The minimum atomic E-state index is -0.110. The summed E-state index contributed by atoms with van der Waals surface area (Å²) in [4.78, 5) is 21.9. The molecule has 0 aromatic carbocycles. The second kappa shape index (κ2) is 5.62. The summed E-state index contributed by atoms with van der Waals surface area (Å²) in [6, 6.07) is 0. The van der Waals surface area contributed by atoms with Crippen molar-refractivity contribution in [2.75, 3.05) is 26.0 Å². The van der Waals surface area contributed by atoms with Crippen molar-refractivity contribution in [1.82, 2.24) is 14.9 Å². The molecule has 1 aromatic heterocycles. The summed E-state index contributed by atoms with van der Waals surface area (Å²) in [5, 5.41) is 3.37. The average molecular weight is 288 g/mol. The van der Waals surface area contributed by atoms with Crippen LogP contribution in [0.2, 0.25) is 0 Å². The lowest BCUT2D eigenvalue weighted by molar-refractivity contribution is 0.0821. The van der Waals surface area contributed by atoms with Gasteiger partial charge in [0.2, 0.25) is 0 Å². The van der Waals surface area contributed by atoms with Crippen LogP contribution in [-0.2, 0) is 0 Å². The number of nitrogens with zero attached hydrogens (tertiary/aromatic N) is 3. The molecule has 1 heterocycles. The van der Waals surface area contributed by atoms with Crippen LogP contribution in [-0.4, -0.2) is 41.4 Å². The number of carbonyl (C=O) groups is 1. The first-order valence-corrected chi connectivity index (χ1v) is 7.88. The molecule has 0 bridgehead atoms. The van der Waals surface area contributed by atoms with Gasteiger partial charge in [-0.25, -0.2) is 4.98 Å². The number of aromatic nitrogens is 2. The first-order chi connectivity index (χ1) is 10.1. The Bertz CT molecular complexity index is 523. The number of anilines is 1. The van der Waals surface area contributed by atoms with E-state index >= 15 is 0 Å². The van der Waals surface area contributed by atoms with Gasteiger partial charge < -0.3 is 10.2 Å². The van der Waals surface area contributed by atoms with Gasteiger partial charge in [0.1, 0.15) is 11.5 Å². The second-order valence-electron chi connectivity index (χ2n) is 6.69. The predicted molar refractivity (Wildman–Crippen MR) is 82.2 cm³/mol. The van der Waals surface area contributed by atoms with Crippen LogP contribution in [0, 0.1) is 11.3 Å². The highest BCUT2D eigenvalue weighted by atomic mass is 16.2. The molecule has 5 nitrogen and oxygen atoms in total. The van der Waals surface area contributed by atoms with Crippen LogP contribution in [0.5, 0.6) is 0 Å². The number of nitrogens with one attached hydrogen (secondary N) is 1. The van der Waals surface area contributed by atoms with Crippen molar-refractivity contribution in [3.63, 3.8) is 0 Å². The van der Waals surface area contributed by atoms with Gasteiger partial charge in [0.05, 0.1) is 12.4 Å². The van der Waals surface area contributed by atoms with E-state index < -0.39 is 0 Å². The maximum atomic E-state index is 11.9. The zero-order valence-electron chi connectivity index (χ0n) is 12.9. The summed E-state index contributed by atoms with van der Waals surface area (Å²) < 4.78 is 0. The number of carbonyl (C=O) groups excluding carboxylic acids is 1. The molecule has 114 valence electrons. The quantitative estimate of drug-likeness (QED) is 0.925. The van der Waals surface area contributed by atoms with Crippen molar-refractivity contribution < 1.29 is 4.79 Å². The van der Waals surface area contributed by atoms with Gasteiger partial charge >= 0.3 is 0 Å². The molecule has 1 amide bonds. The molecule has 3 rings (SSSR count). The Kier molecular flexibility index (Phi) is 3.83. The van der Waals surface area contributed by atoms with Crippen LogP contribution in [0.25, 0.3) is 0 Å². The Morgan fingerprint density at radius 1 is 1.33 bits per heavy atom. The van der Waals surface area contributed by atoms with E-state index in [1.54, 1.807) is 20.3 Å². The first kappa shape index (κ1) is 14.3. The number of hydrogen-bond acceptors (Lipinski definition) is 4. The van der Waals surface area contributed by atoms with Crippen LogP contribution >= 0.6 is 0 Å². The number of rotatable bonds is 4. The molecule has 1 atom stereocenters. The molecule has 1 N–H and O–H groups in total. The van der Waals surface area contributed by atoms with Crippen LogP contribution < -0.4 is 5.32 Å². The van der Waals surface area contributed by atoms with Gasteiger partial charge in [0, 0.05) is 20.6 Å². The highest BCUT2D eigenvalue weighted by Crippen LogP contribution is 2.61. The van der Waals surface area contributed by atoms with Crippen molar-refractivity contribution >= 4 is 11.7 Å². The summed E-state index contributed by atoms with van der Waals surface area (Å²) in [5.74, 6) is 1.37. The first-order valence-electron chi connectivity index (χ1n) is 7.88. The molecular formula is C16H24N4O. The third-order valence-electron chi connectivity index (χ3n) is 5.00. The third-order valence-corrected chi connectivity index (χ3v) is 5.00. The van der Waals surface area contributed by atoms with Crippen LogP contribution in [0.1, 0.15) is 49.0 Å². The summed E-state index contributed by atoms with van der Waals surface area (Å²) >= 11 is 0. The SMILES string of the molecule is CN(C)C(=O)c1cncc(NCC2CC23CCCCC3)n1. The molecular weight excluding hydrogens is 264 g/mol. The standard InChI is InChI=1S/C16H24N4O/c1-20(2)15(21)13-10-17-11-14(19-13)18-9-12-8-16(12)6-4-3-5-7-16/h10-12H,3-9H2,1-2H3,(H,18,19). The number of hydrogen-bond donors (Lipinski definition) is 1. The van der Waals surface area contributed by atoms with Crippen molar-refractivity contribution in [2.24, 2.45) is 11.3 Å². The molecule has 2 aliphatic carbocycles. The molecule has 0 radical (unpaired) electrons. The Morgan fingerprint density at radius 3 is 2.81 bits per heavy atom. The largest absolute Gasteiger partial charge is 0.368 e. The van der Waals surface area contributed by atoms with Gasteiger partial charge in [-0.1, -0.05) is 19.3 Å². The van der Waals surface area contributed by atoms with Crippen LogP contribution in [0.4, 0.5) is 5.82 Å². The molecule has 5 heteroatoms. The topological polar surface area (TPSA) is 58.1 Å². The predicted octanol–water partition coefficient (Wildman–Crippen LogP) is 2.56. The minimum Gasteiger partial charge on any atom is -0.368 e. The summed E-state index contributed by atoms with van der Waals surface area (Å²) in [7, 11) is 3.45. The van der Waals surface area contributed by atoms with E-state index in [1.165, 1.54) is 49.6 Å². The monoisotopic (exact) mass is 288 g/mol. The Balaban J connectivity index is 1.57. The molecule has 2 aliphatic rings. The lowest BCUT2D eigenvalue weighted by atomic mass is 9.84. The molecule has 1 spiro atoms. The van der Waals surface area contributed by atoms with Crippen LogP contribution in [0.15, 0.2) is 12.4 Å². The highest BCUT2D eigenvalue weighted by Gasteiger charge is 2.53. The van der Waals surface area contributed by atoms with Crippen molar-refractivity contribution in [1.29, 1.82) is 0 Å². The summed E-state index contributed by atoms with van der Waals surface area (Å²) in [6.45, 7) is 0.953. The third kappa shape index (κ3) is 3.01. The summed E-state index contributed by atoms with van der Waals surface area (Å²) in [6.07, 6.45) is 11.5. The fourth-order valence-corrected chi connectivity index (χ4v) is 3.60. The molecule has 1 unspecified atom stereocenters. The molecule has 21 heavy (non-hydrogen) atoms.